The normalized spacial score (nSPS) is 12.9. The molecule has 0 saturated heterocycles. The Bertz CT molecular complexity index is 1220. The number of nitrogens with one attached hydrogen (secondary N) is 2. The summed E-state index contributed by atoms with van der Waals surface area (Å²) in [5.41, 5.74) is 3.52. The molecule has 0 fully saturated rings. The van der Waals surface area contributed by atoms with Gasteiger partial charge in [-0.05, 0) is 36.4 Å². The fourth-order valence-electron chi connectivity index (χ4n) is 3.55. The molecule has 1 aliphatic heterocycles. The Morgan fingerprint density at radius 2 is 2.03 bits per heavy atom. The highest BCUT2D eigenvalue weighted by Crippen LogP contribution is 2.35. The van der Waals surface area contributed by atoms with Crippen LogP contribution in [0.25, 0.3) is 22.2 Å². The van der Waals surface area contributed by atoms with Crippen molar-refractivity contribution in [3.05, 3.63) is 66.9 Å². The van der Waals surface area contributed by atoms with Gasteiger partial charge in [0.2, 0.25) is 0 Å². The van der Waals surface area contributed by atoms with Crippen molar-refractivity contribution in [3.8, 4) is 22.8 Å². The van der Waals surface area contributed by atoms with Crippen molar-refractivity contribution in [2.45, 2.75) is 0 Å². The van der Waals surface area contributed by atoms with E-state index in [-0.39, 0.29) is 6.03 Å². The number of rotatable bonds is 3. The van der Waals surface area contributed by atoms with Gasteiger partial charge in [0.15, 0.2) is 11.6 Å². The minimum atomic E-state index is -0.233. The number of hydrogen-bond donors (Lipinski definition) is 2. The van der Waals surface area contributed by atoms with Crippen LogP contribution in [-0.4, -0.2) is 36.3 Å². The molecule has 7 heteroatoms. The van der Waals surface area contributed by atoms with Gasteiger partial charge in [-0.1, -0.05) is 18.2 Å². The summed E-state index contributed by atoms with van der Waals surface area (Å²) in [5, 5.41) is 3.98. The number of H-pyrrole nitrogens is 1. The maximum atomic E-state index is 12.8. The molecule has 0 radical (unpaired) electrons. The molecule has 2 amide bonds. The Labute approximate surface area is 173 Å². The van der Waals surface area contributed by atoms with E-state index in [2.05, 4.69) is 21.4 Å². The zero-order valence-electron chi connectivity index (χ0n) is 16.4. The van der Waals surface area contributed by atoms with Gasteiger partial charge in [0, 0.05) is 40.1 Å². The number of pyridine rings is 1. The van der Waals surface area contributed by atoms with Crippen LogP contribution in [0.2, 0.25) is 0 Å². The molecule has 3 heterocycles. The van der Waals surface area contributed by atoms with Crippen LogP contribution in [0.1, 0.15) is 0 Å². The average Bonchev–Trinajstić information content (AvgIpc) is 3.22. The van der Waals surface area contributed by atoms with E-state index in [4.69, 9.17) is 9.47 Å². The minimum absolute atomic E-state index is 0.233. The van der Waals surface area contributed by atoms with Crippen LogP contribution >= 0.6 is 0 Å². The Hall–Kier alpha value is -4.00. The first-order chi connectivity index (χ1) is 14.7. The van der Waals surface area contributed by atoms with Gasteiger partial charge >= 0.3 is 6.03 Å². The van der Waals surface area contributed by atoms with Crippen molar-refractivity contribution in [1.82, 2.24) is 9.97 Å². The van der Waals surface area contributed by atoms with E-state index in [9.17, 15) is 4.79 Å². The predicted molar refractivity (Wildman–Crippen MR) is 116 cm³/mol. The highest BCUT2D eigenvalue weighted by atomic mass is 16.5. The number of aromatic amines is 1. The summed E-state index contributed by atoms with van der Waals surface area (Å²) in [4.78, 5) is 22.3. The summed E-state index contributed by atoms with van der Waals surface area (Å²) in [5.74, 6) is 1.89. The summed E-state index contributed by atoms with van der Waals surface area (Å²) in [6.07, 6.45) is 1.75. The lowest BCUT2D eigenvalue weighted by molar-refractivity contribution is 0.249. The van der Waals surface area contributed by atoms with Gasteiger partial charge in [-0.15, -0.1) is 0 Å². The highest BCUT2D eigenvalue weighted by Gasteiger charge is 2.26. The molecule has 7 nitrogen and oxygen atoms in total. The zero-order chi connectivity index (χ0) is 20.5. The molecular formula is C23H20N4O3. The number of para-hydroxylation sites is 1. The van der Waals surface area contributed by atoms with Crippen LogP contribution in [0.15, 0.2) is 66.9 Å². The first kappa shape index (κ1) is 18.1. The zero-order valence-corrected chi connectivity index (χ0v) is 16.4. The maximum Gasteiger partial charge on any atom is 0.327 e. The number of urea groups is 1. The van der Waals surface area contributed by atoms with Gasteiger partial charge in [-0.2, -0.15) is 0 Å². The molecule has 0 bridgehead atoms. The molecule has 4 aromatic rings. The first-order valence-electron chi connectivity index (χ1n) is 9.65. The molecule has 30 heavy (non-hydrogen) atoms. The Kier molecular flexibility index (Phi) is 4.48. The van der Waals surface area contributed by atoms with E-state index >= 15 is 0 Å². The van der Waals surface area contributed by atoms with E-state index in [0.29, 0.717) is 24.7 Å². The van der Waals surface area contributed by atoms with Crippen molar-refractivity contribution in [2.75, 3.05) is 30.5 Å². The molecule has 0 saturated carbocycles. The lowest BCUT2D eigenvalue weighted by Gasteiger charge is -2.28. The number of hydrogen-bond acceptors (Lipinski definition) is 4. The van der Waals surface area contributed by atoms with Gasteiger partial charge in [0.25, 0.3) is 0 Å². The Balaban J connectivity index is 1.44. The second kappa shape index (κ2) is 7.44. The van der Waals surface area contributed by atoms with Crippen molar-refractivity contribution in [3.63, 3.8) is 0 Å². The van der Waals surface area contributed by atoms with Crippen LogP contribution in [0, 0.1) is 0 Å². The molecule has 2 N–H and O–H groups in total. The summed E-state index contributed by atoms with van der Waals surface area (Å²) in [6.45, 7) is 0.842. The maximum absolute atomic E-state index is 12.8. The Morgan fingerprint density at radius 3 is 2.87 bits per heavy atom. The van der Waals surface area contributed by atoms with Gasteiger partial charge in [0.05, 0.1) is 13.7 Å². The topological polar surface area (TPSA) is 79.5 Å². The third-order valence-electron chi connectivity index (χ3n) is 5.07. The van der Waals surface area contributed by atoms with Crippen LogP contribution in [0.3, 0.4) is 0 Å². The molecule has 2 aromatic heterocycles. The van der Waals surface area contributed by atoms with Crippen molar-refractivity contribution in [1.29, 1.82) is 0 Å². The number of methoxy groups -OCH3 is 1. The largest absolute Gasteiger partial charge is 0.497 e. The molecule has 5 rings (SSSR count). The quantitative estimate of drug-likeness (QED) is 0.524. The van der Waals surface area contributed by atoms with Gasteiger partial charge in [-0.25, -0.2) is 9.78 Å². The molecule has 0 spiro atoms. The molecule has 0 unspecified atom stereocenters. The smallest absolute Gasteiger partial charge is 0.327 e. The number of amides is 2. The summed E-state index contributed by atoms with van der Waals surface area (Å²) in [6, 6.07) is 19.0. The summed E-state index contributed by atoms with van der Waals surface area (Å²) >= 11 is 0. The number of carbonyl (C=O) groups is 1. The van der Waals surface area contributed by atoms with E-state index in [1.54, 1.807) is 18.2 Å². The highest BCUT2D eigenvalue weighted by molar-refractivity contribution is 6.02. The van der Waals surface area contributed by atoms with Crippen LogP contribution in [0.4, 0.5) is 16.3 Å². The molecular weight excluding hydrogens is 380 g/mol. The first-order valence-corrected chi connectivity index (χ1v) is 9.65. The molecule has 0 aliphatic carbocycles. The average molecular weight is 400 g/mol. The standard InChI is InChI=1S/C23H20N4O3/c1-29-18-8-7-15-11-19(26-20(15)13-18)16-12-21-22(24-14-16)27(9-10-30-21)23(28)25-17-5-3-2-4-6-17/h2-8,11-14,26H,9-10H2,1H3,(H,25,28). The lowest BCUT2D eigenvalue weighted by Crippen LogP contribution is -2.41. The molecule has 150 valence electrons. The van der Waals surface area contributed by atoms with Gasteiger partial charge < -0.3 is 19.8 Å². The third-order valence-corrected chi connectivity index (χ3v) is 5.07. The number of carbonyl (C=O) groups excluding carboxylic acids is 1. The van der Waals surface area contributed by atoms with Crippen molar-refractivity contribution in [2.24, 2.45) is 0 Å². The van der Waals surface area contributed by atoms with E-state index < -0.39 is 0 Å². The SMILES string of the molecule is COc1ccc2cc(-c3cnc4c(c3)OCCN4C(=O)Nc3ccccc3)[nH]c2c1. The Morgan fingerprint density at radius 1 is 1.17 bits per heavy atom. The lowest BCUT2D eigenvalue weighted by atomic mass is 10.2. The van der Waals surface area contributed by atoms with Crippen molar-refractivity contribution < 1.29 is 14.3 Å². The van der Waals surface area contributed by atoms with E-state index in [1.807, 2.05) is 54.6 Å². The van der Waals surface area contributed by atoms with Gasteiger partial charge in [-0.3, -0.25) is 4.90 Å². The fraction of sp³-hybridized carbons (Fsp3) is 0.130. The van der Waals surface area contributed by atoms with Crippen LogP contribution in [0.5, 0.6) is 11.5 Å². The minimum Gasteiger partial charge on any atom is -0.497 e. The number of ether oxygens (including phenoxy) is 2. The monoisotopic (exact) mass is 400 g/mol. The third kappa shape index (κ3) is 3.30. The number of nitrogens with zero attached hydrogens (tertiary/aromatic N) is 2. The van der Waals surface area contributed by atoms with Crippen LogP contribution < -0.4 is 19.7 Å². The molecule has 0 atom stereocenters. The predicted octanol–water partition coefficient (Wildman–Crippen LogP) is 4.67. The number of anilines is 2. The van der Waals surface area contributed by atoms with Crippen LogP contribution in [-0.2, 0) is 0 Å². The fourth-order valence-corrected chi connectivity index (χ4v) is 3.55. The molecule has 2 aromatic carbocycles. The summed E-state index contributed by atoms with van der Waals surface area (Å²) < 4.78 is 11.1. The van der Waals surface area contributed by atoms with Gasteiger partial charge in [0.1, 0.15) is 12.4 Å². The summed E-state index contributed by atoms with van der Waals surface area (Å²) in [7, 11) is 1.65. The van der Waals surface area contributed by atoms with Crippen molar-refractivity contribution >= 4 is 28.4 Å². The number of fused-ring (bicyclic) bond motifs is 2. The number of benzene rings is 2. The van der Waals surface area contributed by atoms with E-state index in [1.165, 1.54) is 0 Å². The molecule has 1 aliphatic rings. The number of aromatic nitrogens is 2. The van der Waals surface area contributed by atoms with E-state index in [0.717, 1.165) is 33.6 Å². The second-order valence-electron chi connectivity index (χ2n) is 6.98. The second-order valence-corrected chi connectivity index (χ2v) is 6.98.